The maximum atomic E-state index is 4.46. The van der Waals surface area contributed by atoms with E-state index in [2.05, 4.69) is 73.5 Å². The third-order valence-electron chi connectivity index (χ3n) is 4.97. The number of nitrogens with zero attached hydrogens (tertiary/aromatic N) is 4. The van der Waals surface area contributed by atoms with Gasteiger partial charge in [-0.15, -0.1) is 0 Å². The van der Waals surface area contributed by atoms with E-state index < -0.39 is 0 Å². The van der Waals surface area contributed by atoms with Gasteiger partial charge in [0.25, 0.3) is 0 Å². The van der Waals surface area contributed by atoms with E-state index in [9.17, 15) is 0 Å². The number of benzene rings is 1. The molecule has 2 aromatic heterocycles. The summed E-state index contributed by atoms with van der Waals surface area (Å²) in [5.74, 6) is 1.47. The first kappa shape index (κ1) is 16.5. The van der Waals surface area contributed by atoms with Crippen LogP contribution in [0.15, 0.2) is 53.4 Å². The number of aromatic nitrogens is 3. The average Bonchev–Trinajstić information content (AvgIpc) is 3.01. The number of rotatable bonds is 4. The lowest BCUT2D eigenvalue weighted by molar-refractivity contribution is 0.164. The first-order chi connectivity index (χ1) is 12.2. The molecule has 0 saturated carbocycles. The zero-order valence-corrected chi connectivity index (χ0v) is 15.9. The zero-order valence-electron chi connectivity index (χ0n) is 14.3. The van der Waals surface area contributed by atoms with Crippen molar-refractivity contribution in [3.05, 3.63) is 59.0 Å². The van der Waals surface area contributed by atoms with Gasteiger partial charge >= 0.3 is 0 Å². The van der Waals surface area contributed by atoms with Gasteiger partial charge in [-0.25, -0.2) is 9.50 Å². The number of likely N-dealkylation sites (tertiary alicyclic amines) is 1. The summed E-state index contributed by atoms with van der Waals surface area (Å²) in [6, 6.07) is 15.2. The number of hydrogen-bond donors (Lipinski definition) is 1. The maximum absolute atomic E-state index is 4.46. The molecule has 0 radical (unpaired) electrons. The van der Waals surface area contributed by atoms with E-state index in [1.165, 1.54) is 5.56 Å². The van der Waals surface area contributed by atoms with Gasteiger partial charge in [0.1, 0.15) is 16.4 Å². The van der Waals surface area contributed by atoms with Crippen LogP contribution in [0.25, 0.3) is 5.52 Å². The molecule has 3 heterocycles. The zero-order chi connectivity index (χ0) is 17.2. The Morgan fingerprint density at radius 2 is 2.04 bits per heavy atom. The van der Waals surface area contributed by atoms with Gasteiger partial charge in [-0.05, 0) is 46.0 Å². The van der Waals surface area contributed by atoms with Crippen molar-refractivity contribution in [2.24, 2.45) is 5.92 Å². The van der Waals surface area contributed by atoms with Gasteiger partial charge in [0, 0.05) is 25.7 Å². The summed E-state index contributed by atoms with van der Waals surface area (Å²) in [6.45, 7) is 5.55. The van der Waals surface area contributed by atoms with Crippen molar-refractivity contribution in [2.45, 2.75) is 25.9 Å². The number of hydrogen-bond acceptors (Lipinski definition) is 4. The van der Waals surface area contributed by atoms with Crippen molar-refractivity contribution < 1.29 is 0 Å². The van der Waals surface area contributed by atoms with E-state index in [0.29, 0.717) is 12.0 Å². The van der Waals surface area contributed by atoms with Crippen LogP contribution in [0, 0.1) is 5.92 Å². The highest BCUT2D eigenvalue weighted by molar-refractivity contribution is 9.10. The Hall–Kier alpha value is -1.92. The van der Waals surface area contributed by atoms with Gasteiger partial charge in [0.15, 0.2) is 5.82 Å². The predicted molar refractivity (Wildman–Crippen MR) is 104 cm³/mol. The van der Waals surface area contributed by atoms with Gasteiger partial charge in [0.05, 0.1) is 0 Å². The van der Waals surface area contributed by atoms with Crippen molar-refractivity contribution in [1.82, 2.24) is 19.5 Å². The van der Waals surface area contributed by atoms with Crippen LogP contribution in [0.1, 0.15) is 18.9 Å². The standard InChI is InChI=1S/C19H22BrN5/c1-14-11-24(12-15-5-3-2-4-6-15)10-9-16(14)23-19-17-7-8-18(20)25(17)22-13-21-19/h2-8,13-14,16H,9-12H2,1H3,(H,21,22,23). The Morgan fingerprint density at radius 1 is 1.20 bits per heavy atom. The molecule has 0 bridgehead atoms. The molecule has 0 amide bonds. The van der Waals surface area contributed by atoms with Crippen LogP contribution in [0.2, 0.25) is 0 Å². The number of nitrogens with one attached hydrogen (secondary N) is 1. The Labute approximate surface area is 156 Å². The van der Waals surface area contributed by atoms with E-state index in [1.54, 1.807) is 6.33 Å². The molecule has 5 nitrogen and oxygen atoms in total. The van der Waals surface area contributed by atoms with Crippen LogP contribution in [0.4, 0.5) is 5.82 Å². The van der Waals surface area contributed by atoms with E-state index in [1.807, 2.05) is 16.6 Å². The highest BCUT2D eigenvalue weighted by Crippen LogP contribution is 2.25. The Kier molecular flexibility index (Phi) is 4.72. The van der Waals surface area contributed by atoms with Crippen LogP contribution < -0.4 is 5.32 Å². The van der Waals surface area contributed by atoms with Gasteiger partial charge < -0.3 is 5.32 Å². The van der Waals surface area contributed by atoms with Crippen LogP contribution in [-0.4, -0.2) is 38.6 Å². The molecule has 130 valence electrons. The Morgan fingerprint density at radius 3 is 2.84 bits per heavy atom. The lowest BCUT2D eigenvalue weighted by Gasteiger charge is -2.37. The topological polar surface area (TPSA) is 45.5 Å². The molecule has 1 saturated heterocycles. The molecule has 2 unspecified atom stereocenters. The molecule has 4 rings (SSSR count). The van der Waals surface area contributed by atoms with Crippen molar-refractivity contribution in [3.63, 3.8) is 0 Å². The van der Waals surface area contributed by atoms with Crippen LogP contribution in [0.3, 0.4) is 0 Å². The molecule has 1 fully saturated rings. The van der Waals surface area contributed by atoms with E-state index >= 15 is 0 Å². The molecule has 3 aromatic rings. The third-order valence-corrected chi connectivity index (χ3v) is 5.57. The number of halogens is 1. The summed E-state index contributed by atoms with van der Waals surface area (Å²) < 4.78 is 2.81. The first-order valence-electron chi connectivity index (χ1n) is 8.72. The minimum absolute atomic E-state index is 0.430. The molecule has 1 N–H and O–H groups in total. The second kappa shape index (κ2) is 7.14. The van der Waals surface area contributed by atoms with Gasteiger partial charge in [-0.2, -0.15) is 5.10 Å². The Bertz CT molecular complexity index is 847. The second-order valence-corrected chi connectivity index (χ2v) is 7.61. The fourth-order valence-corrected chi connectivity index (χ4v) is 4.04. The molecule has 0 spiro atoms. The highest BCUT2D eigenvalue weighted by atomic mass is 79.9. The Balaban J connectivity index is 1.43. The summed E-state index contributed by atoms with van der Waals surface area (Å²) in [4.78, 5) is 7.00. The summed E-state index contributed by atoms with van der Waals surface area (Å²) in [5, 5.41) is 7.93. The second-order valence-electron chi connectivity index (χ2n) is 6.80. The SMILES string of the molecule is CC1CN(Cc2ccccc2)CCC1Nc1ncnn2c(Br)ccc12. The van der Waals surface area contributed by atoms with Gasteiger partial charge in [-0.3, -0.25) is 4.90 Å². The largest absolute Gasteiger partial charge is 0.365 e. The molecule has 25 heavy (non-hydrogen) atoms. The van der Waals surface area contributed by atoms with Crippen molar-refractivity contribution >= 4 is 27.3 Å². The lowest BCUT2D eigenvalue weighted by Crippen LogP contribution is -2.45. The minimum atomic E-state index is 0.430. The predicted octanol–water partition coefficient (Wildman–Crippen LogP) is 3.81. The van der Waals surface area contributed by atoms with Crippen molar-refractivity contribution in [2.75, 3.05) is 18.4 Å². The van der Waals surface area contributed by atoms with E-state index in [0.717, 1.165) is 42.0 Å². The summed E-state index contributed by atoms with van der Waals surface area (Å²) in [5.41, 5.74) is 2.39. The molecule has 1 aromatic carbocycles. The molecule has 6 heteroatoms. The van der Waals surface area contributed by atoms with E-state index in [4.69, 9.17) is 0 Å². The third kappa shape index (κ3) is 3.55. The molecule has 1 aliphatic rings. The molecule has 0 aliphatic carbocycles. The van der Waals surface area contributed by atoms with Crippen LogP contribution in [-0.2, 0) is 6.54 Å². The molecule has 2 atom stereocenters. The molecular formula is C19H22BrN5. The van der Waals surface area contributed by atoms with Crippen molar-refractivity contribution in [3.8, 4) is 0 Å². The monoisotopic (exact) mass is 399 g/mol. The maximum Gasteiger partial charge on any atom is 0.154 e. The molecular weight excluding hydrogens is 378 g/mol. The number of fused-ring (bicyclic) bond motifs is 1. The lowest BCUT2D eigenvalue weighted by atomic mass is 9.93. The quantitative estimate of drug-likeness (QED) is 0.724. The summed E-state index contributed by atoms with van der Waals surface area (Å²) in [6.07, 6.45) is 2.72. The normalized spacial score (nSPS) is 21.5. The number of anilines is 1. The summed E-state index contributed by atoms with van der Waals surface area (Å²) >= 11 is 3.52. The highest BCUT2D eigenvalue weighted by Gasteiger charge is 2.26. The van der Waals surface area contributed by atoms with E-state index in [-0.39, 0.29) is 0 Å². The summed E-state index contributed by atoms with van der Waals surface area (Å²) in [7, 11) is 0. The number of piperidine rings is 1. The van der Waals surface area contributed by atoms with Crippen LogP contribution in [0.5, 0.6) is 0 Å². The van der Waals surface area contributed by atoms with Gasteiger partial charge in [0.2, 0.25) is 0 Å². The van der Waals surface area contributed by atoms with Crippen LogP contribution >= 0.6 is 15.9 Å². The van der Waals surface area contributed by atoms with Crippen molar-refractivity contribution in [1.29, 1.82) is 0 Å². The smallest absolute Gasteiger partial charge is 0.154 e. The first-order valence-corrected chi connectivity index (χ1v) is 9.51. The average molecular weight is 400 g/mol. The fourth-order valence-electron chi connectivity index (χ4n) is 3.62. The van der Waals surface area contributed by atoms with Gasteiger partial charge in [-0.1, -0.05) is 37.3 Å². The minimum Gasteiger partial charge on any atom is -0.365 e. The molecule has 1 aliphatic heterocycles. The fraction of sp³-hybridized carbons (Fsp3) is 0.368.